The summed E-state index contributed by atoms with van der Waals surface area (Å²) in [5.74, 6) is 0. The molecule has 0 bridgehead atoms. The van der Waals surface area contributed by atoms with Gasteiger partial charge in [0.25, 0.3) is 0 Å². The lowest BCUT2D eigenvalue weighted by atomic mass is 9.96. The second-order valence-corrected chi connectivity index (χ2v) is 8.02. The van der Waals surface area contributed by atoms with Crippen molar-refractivity contribution < 1.29 is 14.3 Å². The van der Waals surface area contributed by atoms with Crippen LogP contribution in [0.1, 0.15) is 38.1 Å². The fraction of sp³-hybridized carbons (Fsp3) is 0.600. The largest absolute Gasteiger partial charge is 0.371 e. The minimum absolute atomic E-state index is 0.0711. The first kappa shape index (κ1) is 18.5. The van der Waals surface area contributed by atoms with E-state index in [1.54, 1.807) is 10.9 Å². The van der Waals surface area contributed by atoms with Crippen LogP contribution < -0.4 is 10.6 Å². The van der Waals surface area contributed by atoms with Crippen LogP contribution in [-0.4, -0.2) is 63.5 Å². The summed E-state index contributed by atoms with van der Waals surface area (Å²) in [6, 6.07) is 5.61. The fourth-order valence-corrected chi connectivity index (χ4v) is 4.54. The SMILES string of the molecule is O=C(NC1CCCCC1)N[C@H]1CO[C@H]2[C@H]1OC[C@H]2n1cc(-c2ccccn2)nn1. The Labute approximate surface area is 169 Å². The van der Waals surface area contributed by atoms with Crippen molar-refractivity contribution in [3.63, 3.8) is 0 Å². The zero-order chi connectivity index (χ0) is 19.6. The molecule has 2 N–H and O–H groups in total. The van der Waals surface area contributed by atoms with Crippen molar-refractivity contribution in [3.05, 3.63) is 30.6 Å². The van der Waals surface area contributed by atoms with Crippen LogP contribution in [0, 0.1) is 0 Å². The van der Waals surface area contributed by atoms with Crippen LogP contribution in [0.3, 0.4) is 0 Å². The summed E-state index contributed by atoms with van der Waals surface area (Å²) in [6.45, 7) is 0.911. The molecule has 2 aromatic rings. The molecular formula is C20H26N6O3. The normalized spacial score (nSPS) is 29.5. The van der Waals surface area contributed by atoms with Gasteiger partial charge in [0.1, 0.15) is 23.9 Å². The Balaban J connectivity index is 1.20. The maximum atomic E-state index is 12.4. The molecule has 9 nitrogen and oxygen atoms in total. The van der Waals surface area contributed by atoms with Gasteiger partial charge in [0.05, 0.1) is 31.1 Å². The minimum Gasteiger partial charge on any atom is -0.371 e. The molecule has 0 radical (unpaired) electrons. The monoisotopic (exact) mass is 398 g/mol. The Morgan fingerprint density at radius 2 is 1.90 bits per heavy atom. The molecule has 2 amide bonds. The predicted molar refractivity (Wildman–Crippen MR) is 104 cm³/mol. The highest BCUT2D eigenvalue weighted by Crippen LogP contribution is 2.34. The quantitative estimate of drug-likeness (QED) is 0.812. The van der Waals surface area contributed by atoms with Gasteiger partial charge < -0.3 is 20.1 Å². The molecule has 2 saturated heterocycles. The van der Waals surface area contributed by atoms with Crippen LogP contribution in [0.2, 0.25) is 0 Å². The van der Waals surface area contributed by atoms with Crippen molar-refractivity contribution in [1.82, 2.24) is 30.6 Å². The van der Waals surface area contributed by atoms with E-state index in [4.69, 9.17) is 9.47 Å². The number of hydrogen-bond acceptors (Lipinski definition) is 6. The van der Waals surface area contributed by atoms with Gasteiger partial charge in [-0.15, -0.1) is 5.10 Å². The van der Waals surface area contributed by atoms with Crippen molar-refractivity contribution in [2.45, 2.75) is 62.4 Å². The van der Waals surface area contributed by atoms with E-state index in [0.717, 1.165) is 18.5 Å². The molecule has 9 heteroatoms. The molecule has 0 unspecified atom stereocenters. The number of carbonyl (C=O) groups is 1. The van der Waals surface area contributed by atoms with Crippen molar-refractivity contribution >= 4 is 6.03 Å². The van der Waals surface area contributed by atoms with E-state index in [9.17, 15) is 4.79 Å². The third-order valence-electron chi connectivity index (χ3n) is 6.06. The Morgan fingerprint density at radius 1 is 1.03 bits per heavy atom. The molecule has 3 aliphatic rings. The van der Waals surface area contributed by atoms with E-state index in [0.29, 0.717) is 18.9 Å². The Kier molecular flexibility index (Phi) is 5.15. The number of nitrogens with one attached hydrogen (secondary N) is 2. The molecular weight excluding hydrogens is 372 g/mol. The molecule has 29 heavy (non-hydrogen) atoms. The number of carbonyl (C=O) groups excluding carboxylic acids is 1. The minimum atomic E-state index is -0.181. The van der Waals surface area contributed by atoms with E-state index in [-0.39, 0.29) is 36.4 Å². The van der Waals surface area contributed by atoms with Gasteiger partial charge in [-0.1, -0.05) is 30.5 Å². The highest BCUT2D eigenvalue weighted by molar-refractivity contribution is 5.74. The lowest BCUT2D eigenvalue weighted by Crippen LogP contribution is -2.50. The van der Waals surface area contributed by atoms with Gasteiger partial charge in [0, 0.05) is 12.2 Å². The molecule has 5 rings (SSSR count). The van der Waals surface area contributed by atoms with Crippen LogP contribution in [0.15, 0.2) is 30.6 Å². The topological polar surface area (TPSA) is 103 Å². The van der Waals surface area contributed by atoms with Gasteiger partial charge in [-0.05, 0) is 25.0 Å². The van der Waals surface area contributed by atoms with Gasteiger partial charge in [-0.25, -0.2) is 9.48 Å². The standard InChI is InChI=1S/C20H26N6O3/c27-20(22-13-6-2-1-3-7-13)23-16-11-28-19-17(12-29-18(16)19)26-10-15(24-25-26)14-8-4-5-9-21-14/h4-5,8-10,13,16-19H,1-3,6-7,11-12H2,(H2,22,23,27)/t16-,17+,18-,19+/m0/s1. The second-order valence-electron chi connectivity index (χ2n) is 8.02. The van der Waals surface area contributed by atoms with E-state index < -0.39 is 0 Å². The second kappa shape index (κ2) is 8.08. The maximum absolute atomic E-state index is 12.4. The van der Waals surface area contributed by atoms with Gasteiger partial charge in [-0.3, -0.25) is 4.98 Å². The van der Waals surface area contributed by atoms with Crippen molar-refractivity contribution in [2.75, 3.05) is 13.2 Å². The number of pyridine rings is 1. The molecule has 2 aliphatic heterocycles. The zero-order valence-electron chi connectivity index (χ0n) is 16.2. The summed E-state index contributed by atoms with van der Waals surface area (Å²) in [7, 11) is 0. The number of fused-ring (bicyclic) bond motifs is 1. The number of ether oxygens (including phenoxy) is 2. The van der Waals surface area contributed by atoms with E-state index in [1.807, 2.05) is 24.4 Å². The molecule has 1 saturated carbocycles. The number of aromatic nitrogens is 4. The number of rotatable bonds is 4. The first-order chi connectivity index (χ1) is 14.3. The molecule has 154 valence electrons. The summed E-state index contributed by atoms with van der Waals surface area (Å²) in [5, 5.41) is 14.6. The summed E-state index contributed by atoms with van der Waals surface area (Å²) < 4.78 is 13.8. The van der Waals surface area contributed by atoms with Crippen LogP contribution in [0.5, 0.6) is 0 Å². The van der Waals surface area contributed by atoms with E-state index in [1.165, 1.54) is 19.3 Å². The molecule has 2 aromatic heterocycles. The summed E-state index contributed by atoms with van der Waals surface area (Å²) in [5.41, 5.74) is 1.49. The van der Waals surface area contributed by atoms with E-state index in [2.05, 4.69) is 25.9 Å². The molecule has 0 spiro atoms. The Bertz CT molecular complexity index is 838. The lowest BCUT2D eigenvalue weighted by Gasteiger charge is -2.24. The molecule has 3 fully saturated rings. The number of amides is 2. The number of urea groups is 1. The van der Waals surface area contributed by atoms with Gasteiger partial charge in [-0.2, -0.15) is 0 Å². The van der Waals surface area contributed by atoms with Crippen molar-refractivity contribution in [1.29, 1.82) is 0 Å². The number of nitrogens with zero attached hydrogens (tertiary/aromatic N) is 4. The zero-order valence-corrected chi connectivity index (χ0v) is 16.2. The van der Waals surface area contributed by atoms with Crippen LogP contribution in [-0.2, 0) is 9.47 Å². The molecule has 0 aromatic carbocycles. The Hall–Kier alpha value is -2.52. The van der Waals surface area contributed by atoms with Crippen LogP contribution >= 0.6 is 0 Å². The highest BCUT2D eigenvalue weighted by atomic mass is 16.6. The number of hydrogen-bond donors (Lipinski definition) is 2. The Morgan fingerprint density at radius 3 is 2.72 bits per heavy atom. The smallest absolute Gasteiger partial charge is 0.315 e. The predicted octanol–water partition coefficient (Wildman–Crippen LogP) is 1.68. The first-order valence-corrected chi connectivity index (χ1v) is 10.4. The van der Waals surface area contributed by atoms with E-state index >= 15 is 0 Å². The summed E-state index contributed by atoms with van der Waals surface area (Å²) in [6.07, 6.45) is 9.02. The van der Waals surface area contributed by atoms with Crippen molar-refractivity contribution in [3.8, 4) is 11.4 Å². The summed E-state index contributed by atoms with van der Waals surface area (Å²) in [4.78, 5) is 16.7. The lowest BCUT2D eigenvalue weighted by molar-refractivity contribution is 0.0622. The fourth-order valence-electron chi connectivity index (χ4n) is 4.54. The van der Waals surface area contributed by atoms with Gasteiger partial charge >= 0.3 is 6.03 Å². The van der Waals surface area contributed by atoms with Crippen LogP contribution in [0.25, 0.3) is 11.4 Å². The average Bonchev–Trinajstić information content (AvgIpc) is 3.47. The van der Waals surface area contributed by atoms with Crippen molar-refractivity contribution in [2.24, 2.45) is 0 Å². The summed E-state index contributed by atoms with van der Waals surface area (Å²) >= 11 is 0. The first-order valence-electron chi connectivity index (χ1n) is 10.4. The van der Waals surface area contributed by atoms with Gasteiger partial charge in [0.15, 0.2) is 0 Å². The maximum Gasteiger partial charge on any atom is 0.315 e. The van der Waals surface area contributed by atoms with Gasteiger partial charge in [0.2, 0.25) is 0 Å². The molecule has 4 atom stereocenters. The highest BCUT2D eigenvalue weighted by Gasteiger charge is 2.49. The third-order valence-corrected chi connectivity index (χ3v) is 6.06. The average molecular weight is 398 g/mol. The van der Waals surface area contributed by atoms with Crippen LogP contribution in [0.4, 0.5) is 4.79 Å². The molecule has 1 aliphatic carbocycles. The third kappa shape index (κ3) is 3.84. The molecule has 4 heterocycles.